The minimum atomic E-state index is -1.71. The number of nitrogens with zero attached hydrogens (tertiary/aromatic N) is 2. The first kappa shape index (κ1) is 38.5. The molecule has 9 atom stereocenters. The lowest BCUT2D eigenvalue weighted by molar-refractivity contribution is -0.387. The quantitative estimate of drug-likeness (QED) is 0.177. The van der Waals surface area contributed by atoms with Crippen LogP contribution in [0.3, 0.4) is 0 Å². The molecule has 0 radical (unpaired) electrons. The molecule has 7 heteroatoms. The minimum Gasteiger partial charge on any atom is -0.393 e. The number of alkyl halides is 1. The Morgan fingerprint density at radius 1 is 0.878 bits per heavy atom. The highest BCUT2D eigenvalue weighted by atomic mass is 19.2. The fraction of sp³-hybridized carbons (Fsp3) is 0.941. The van der Waals surface area contributed by atoms with E-state index in [2.05, 4.69) is 87.8 Å². The van der Waals surface area contributed by atoms with Crippen LogP contribution in [0.15, 0.2) is 12.7 Å². The number of halogens is 1. The first-order valence-corrected chi connectivity index (χ1v) is 16.4. The van der Waals surface area contributed by atoms with Gasteiger partial charge in [0.25, 0.3) is 0 Å². The molecule has 41 heavy (non-hydrogen) atoms. The number of hydrogen-bond donors (Lipinski definition) is 2. The number of hydrogen-bond acceptors (Lipinski definition) is 6. The number of allylic oxidation sites excluding steroid dienone is 1. The summed E-state index contributed by atoms with van der Waals surface area (Å²) in [6.07, 6.45) is 8.13. The van der Waals surface area contributed by atoms with Gasteiger partial charge in [-0.3, -0.25) is 9.68 Å². The van der Waals surface area contributed by atoms with Crippen molar-refractivity contribution in [3.63, 3.8) is 0 Å². The van der Waals surface area contributed by atoms with Gasteiger partial charge in [-0.2, -0.15) is 10.1 Å². The molecule has 0 bridgehead atoms. The largest absolute Gasteiger partial charge is 0.393 e. The van der Waals surface area contributed by atoms with Crippen molar-refractivity contribution < 1.29 is 24.3 Å². The van der Waals surface area contributed by atoms with E-state index < -0.39 is 17.5 Å². The van der Waals surface area contributed by atoms with E-state index in [1.54, 1.807) is 0 Å². The van der Waals surface area contributed by atoms with Crippen molar-refractivity contribution in [2.24, 2.45) is 11.8 Å². The van der Waals surface area contributed by atoms with Gasteiger partial charge < -0.3 is 10.2 Å². The van der Waals surface area contributed by atoms with Crippen molar-refractivity contribution in [1.82, 2.24) is 10.1 Å². The van der Waals surface area contributed by atoms with Crippen LogP contribution < -0.4 is 0 Å². The summed E-state index contributed by atoms with van der Waals surface area (Å²) in [6.45, 7) is 30.6. The van der Waals surface area contributed by atoms with Gasteiger partial charge in [-0.25, -0.2) is 4.39 Å². The van der Waals surface area contributed by atoms with Crippen LogP contribution in [0.4, 0.5) is 4.39 Å². The number of piperidine rings is 2. The van der Waals surface area contributed by atoms with Crippen molar-refractivity contribution in [2.75, 3.05) is 0 Å². The van der Waals surface area contributed by atoms with Crippen LogP contribution in [0, 0.1) is 11.8 Å². The predicted octanol–water partition coefficient (Wildman–Crippen LogP) is 8.37. The summed E-state index contributed by atoms with van der Waals surface area (Å²) in [7, 11) is 0. The SMILES string of the molecule is C=CCCCC(C)(F)ON1C(C)(CC)CC(O)C(C)C1(C)CC.CCC1(C)CC(O)C(C)C(C)(CC)N1OC(C)C. The second-order valence-electron chi connectivity index (χ2n) is 14.4. The third kappa shape index (κ3) is 8.54. The monoisotopic (exact) mass is 587 g/mol. The zero-order valence-corrected chi connectivity index (χ0v) is 29.0. The third-order valence-corrected chi connectivity index (χ3v) is 10.9. The predicted molar refractivity (Wildman–Crippen MR) is 169 cm³/mol. The second kappa shape index (κ2) is 14.9. The van der Waals surface area contributed by atoms with E-state index in [0.29, 0.717) is 19.3 Å². The average molecular weight is 587 g/mol. The summed E-state index contributed by atoms with van der Waals surface area (Å²) >= 11 is 0. The second-order valence-corrected chi connectivity index (χ2v) is 14.4. The van der Waals surface area contributed by atoms with Gasteiger partial charge in [0.05, 0.1) is 18.3 Å². The molecule has 2 aliphatic rings. The van der Waals surface area contributed by atoms with Crippen molar-refractivity contribution in [3.8, 4) is 0 Å². The molecule has 2 fully saturated rings. The van der Waals surface area contributed by atoms with Crippen LogP contribution in [0.2, 0.25) is 0 Å². The Morgan fingerprint density at radius 3 is 1.66 bits per heavy atom. The van der Waals surface area contributed by atoms with E-state index in [1.807, 2.05) is 18.1 Å². The average Bonchev–Trinajstić information content (AvgIpc) is 2.91. The Morgan fingerprint density at radius 2 is 1.29 bits per heavy atom. The van der Waals surface area contributed by atoms with Crippen molar-refractivity contribution >= 4 is 0 Å². The molecule has 2 rings (SSSR count). The lowest BCUT2D eigenvalue weighted by Gasteiger charge is -2.59. The Bertz CT molecular complexity index is 812. The smallest absolute Gasteiger partial charge is 0.224 e. The summed E-state index contributed by atoms with van der Waals surface area (Å²) in [5.74, 6) is -1.46. The van der Waals surface area contributed by atoms with Crippen LogP contribution in [-0.2, 0) is 9.68 Å². The van der Waals surface area contributed by atoms with Gasteiger partial charge in [-0.15, -0.1) is 6.58 Å². The third-order valence-electron chi connectivity index (χ3n) is 10.9. The molecule has 6 nitrogen and oxygen atoms in total. The number of hydroxylamine groups is 4. The molecule has 2 aliphatic heterocycles. The van der Waals surface area contributed by atoms with E-state index in [1.165, 1.54) is 6.92 Å². The molecule has 0 aromatic rings. The molecule has 0 saturated carbocycles. The maximum Gasteiger partial charge on any atom is 0.224 e. The van der Waals surface area contributed by atoms with E-state index in [-0.39, 0.29) is 40.7 Å². The highest BCUT2D eigenvalue weighted by molar-refractivity contribution is 5.05. The van der Waals surface area contributed by atoms with Gasteiger partial charge in [0, 0.05) is 40.4 Å². The maximum absolute atomic E-state index is 15.0. The summed E-state index contributed by atoms with van der Waals surface area (Å²) in [4.78, 5) is 12.1. The summed E-state index contributed by atoms with van der Waals surface area (Å²) in [6, 6.07) is 0. The summed E-state index contributed by atoms with van der Waals surface area (Å²) < 4.78 is 15.0. The van der Waals surface area contributed by atoms with Crippen LogP contribution in [0.1, 0.15) is 148 Å². The molecule has 244 valence electrons. The van der Waals surface area contributed by atoms with E-state index >= 15 is 4.39 Å². The lowest BCUT2D eigenvalue weighted by Crippen LogP contribution is -2.68. The van der Waals surface area contributed by atoms with Crippen LogP contribution in [-0.4, -0.2) is 66.7 Å². The van der Waals surface area contributed by atoms with E-state index in [4.69, 9.17) is 9.68 Å². The van der Waals surface area contributed by atoms with Gasteiger partial charge in [0.1, 0.15) is 0 Å². The maximum atomic E-state index is 15.0. The van der Waals surface area contributed by atoms with E-state index in [9.17, 15) is 10.2 Å². The number of aliphatic hydroxyl groups excluding tert-OH is 2. The van der Waals surface area contributed by atoms with E-state index in [0.717, 1.165) is 38.5 Å². The Balaban J connectivity index is 0.000000422. The highest BCUT2D eigenvalue weighted by Crippen LogP contribution is 2.48. The van der Waals surface area contributed by atoms with Crippen LogP contribution in [0.25, 0.3) is 0 Å². The molecule has 0 aromatic carbocycles. The molecule has 0 aromatic heterocycles. The lowest BCUT2D eigenvalue weighted by atomic mass is 9.69. The molecule has 9 unspecified atom stereocenters. The normalized spacial score (nSPS) is 40.1. The topological polar surface area (TPSA) is 65.4 Å². The van der Waals surface area contributed by atoms with Gasteiger partial charge in [0.2, 0.25) is 5.85 Å². The molecule has 0 aliphatic carbocycles. The van der Waals surface area contributed by atoms with Crippen molar-refractivity contribution in [3.05, 3.63) is 12.7 Å². The fourth-order valence-corrected chi connectivity index (χ4v) is 6.83. The first-order valence-electron chi connectivity index (χ1n) is 16.4. The van der Waals surface area contributed by atoms with Crippen molar-refractivity contribution in [2.45, 2.75) is 194 Å². The number of rotatable bonds is 12. The first-order chi connectivity index (χ1) is 18.8. The van der Waals surface area contributed by atoms with Gasteiger partial charge in [-0.1, -0.05) is 47.6 Å². The molecule has 2 saturated heterocycles. The highest BCUT2D eigenvalue weighted by Gasteiger charge is 2.56. The summed E-state index contributed by atoms with van der Waals surface area (Å²) in [5.41, 5.74) is -0.954. The number of aliphatic hydroxyl groups is 2. The fourth-order valence-electron chi connectivity index (χ4n) is 6.83. The number of unbranched alkanes of at least 4 members (excludes halogenated alkanes) is 1. The molecular formula is C34H67FN2O4. The van der Waals surface area contributed by atoms with Gasteiger partial charge in [0.15, 0.2) is 0 Å². The zero-order chi connectivity index (χ0) is 32.0. The van der Waals surface area contributed by atoms with Gasteiger partial charge in [-0.05, 0) is 99.8 Å². The minimum absolute atomic E-state index is 0.0242. The van der Waals surface area contributed by atoms with Crippen molar-refractivity contribution in [1.29, 1.82) is 0 Å². The Labute approximate surface area is 252 Å². The zero-order valence-electron chi connectivity index (χ0n) is 29.0. The molecular weight excluding hydrogens is 519 g/mol. The molecule has 0 spiro atoms. The standard InChI is InChI=1S/C19H36FNO2.C15H31NO2/c1-8-11-12-13-19(7,20)23-21-17(5,9-2)14-16(22)15(4)18(21,6)10-3;1-8-14(6)10-13(17)12(5)15(7,9-2)16(14)18-11(3)4/h8,15-16,22H,1,9-14H2,2-7H3;11-13,17H,8-10H2,1-7H3. The Kier molecular flexibility index (Phi) is 14.0. The van der Waals surface area contributed by atoms with Crippen LogP contribution in [0.5, 0.6) is 0 Å². The molecule has 0 amide bonds. The van der Waals surface area contributed by atoms with Crippen LogP contribution >= 0.6 is 0 Å². The molecule has 2 N–H and O–H groups in total. The molecule has 2 heterocycles. The van der Waals surface area contributed by atoms with Gasteiger partial charge >= 0.3 is 0 Å². The Hall–Kier alpha value is -0.570. The summed E-state index contributed by atoms with van der Waals surface area (Å²) in [5, 5.41) is 25.0.